The molecule has 8 heteroatoms. The van der Waals surface area contributed by atoms with Crippen molar-refractivity contribution in [3.8, 4) is 0 Å². The van der Waals surface area contributed by atoms with E-state index in [0.29, 0.717) is 18.0 Å². The summed E-state index contributed by atoms with van der Waals surface area (Å²) in [6, 6.07) is 11.7. The van der Waals surface area contributed by atoms with Crippen molar-refractivity contribution >= 4 is 37.4 Å². The number of hydrogen-bond donors (Lipinski definition) is 0. The van der Waals surface area contributed by atoms with Gasteiger partial charge in [0.15, 0.2) is 0 Å². The minimum atomic E-state index is -3.42. The monoisotopic (exact) mass is 417 g/mol. The van der Waals surface area contributed by atoms with Gasteiger partial charge < -0.3 is 0 Å². The van der Waals surface area contributed by atoms with Crippen LogP contribution in [0.3, 0.4) is 0 Å². The van der Waals surface area contributed by atoms with Gasteiger partial charge in [-0.3, -0.25) is 4.90 Å². The van der Waals surface area contributed by atoms with E-state index in [9.17, 15) is 8.42 Å². The molecule has 1 fully saturated rings. The molecule has 0 radical (unpaired) electrons. The molecule has 0 bridgehead atoms. The summed E-state index contributed by atoms with van der Waals surface area (Å²) < 4.78 is 28.4. The largest absolute Gasteiger partial charge is 0.274 e. The molecule has 3 heterocycles. The smallest absolute Gasteiger partial charge is 0.255 e. The first kappa shape index (κ1) is 19.3. The lowest BCUT2D eigenvalue weighted by atomic mass is 10.2. The molecule has 1 aliphatic heterocycles. The van der Waals surface area contributed by atoms with Crippen LogP contribution in [0.25, 0.3) is 10.2 Å². The number of aromatic amines is 1. The molecule has 1 atom stereocenters. The van der Waals surface area contributed by atoms with Gasteiger partial charge in [0.2, 0.25) is 10.0 Å². The van der Waals surface area contributed by atoms with Gasteiger partial charge in [0.25, 0.3) is 5.82 Å². The van der Waals surface area contributed by atoms with Crippen LogP contribution in [-0.4, -0.2) is 37.8 Å². The number of sulfonamides is 1. The molecule has 148 valence electrons. The maximum absolute atomic E-state index is 12.8. The normalized spacial score (nSPS) is 16.9. The number of nitrogens with zero attached hydrogens (tertiary/aromatic N) is 3. The highest BCUT2D eigenvalue weighted by atomic mass is 32.2. The van der Waals surface area contributed by atoms with Gasteiger partial charge in [-0.05, 0) is 38.0 Å². The maximum atomic E-state index is 12.8. The number of H-pyrrole nitrogens is 1. The van der Waals surface area contributed by atoms with E-state index in [1.54, 1.807) is 27.9 Å². The number of hydrogen-bond acceptors (Lipinski definition) is 5. The Morgan fingerprint density at radius 2 is 1.89 bits per heavy atom. The molecule has 3 aromatic rings. The number of fused-ring (bicyclic) bond motifs is 1. The molecule has 2 aromatic heterocycles. The fourth-order valence-electron chi connectivity index (χ4n) is 3.48. The van der Waals surface area contributed by atoms with Crippen molar-refractivity contribution in [3.05, 3.63) is 47.6 Å². The average molecular weight is 418 g/mol. The minimum absolute atomic E-state index is 0.0678. The first-order valence-electron chi connectivity index (χ1n) is 9.57. The third kappa shape index (κ3) is 3.64. The first-order valence-corrected chi connectivity index (χ1v) is 11.8. The molecule has 1 aromatic carbocycles. The van der Waals surface area contributed by atoms with E-state index in [4.69, 9.17) is 4.98 Å². The summed E-state index contributed by atoms with van der Waals surface area (Å²) in [4.78, 5) is 10.3. The lowest BCUT2D eigenvalue weighted by Gasteiger charge is -2.25. The molecule has 1 saturated heterocycles. The summed E-state index contributed by atoms with van der Waals surface area (Å²) in [5.41, 5.74) is 1.01. The zero-order valence-corrected chi connectivity index (χ0v) is 17.8. The second kappa shape index (κ2) is 7.77. The molecule has 0 aliphatic carbocycles. The van der Waals surface area contributed by atoms with E-state index in [0.717, 1.165) is 35.6 Å². The molecule has 0 spiro atoms. The molecular formula is C20H25N4O2S2+. The number of benzene rings is 1. The Bertz CT molecular complexity index is 1020. The summed E-state index contributed by atoms with van der Waals surface area (Å²) in [6.45, 7) is 3.32. The highest BCUT2D eigenvalue weighted by molar-refractivity contribution is 7.89. The van der Waals surface area contributed by atoms with Gasteiger partial charge in [0.05, 0.1) is 17.3 Å². The molecule has 0 saturated carbocycles. The Morgan fingerprint density at radius 1 is 1.14 bits per heavy atom. The number of nitrogens with one attached hydrogen (secondary N) is 1. The van der Waals surface area contributed by atoms with Crippen molar-refractivity contribution in [1.82, 2.24) is 9.29 Å². The first-order chi connectivity index (χ1) is 13.5. The zero-order valence-electron chi connectivity index (χ0n) is 16.1. The van der Waals surface area contributed by atoms with Crippen molar-refractivity contribution in [2.24, 2.45) is 0 Å². The van der Waals surface area contributed by atoms with Gasteiger partial charge in [-0.15, -0.1) is 11.3 Å². The summed E-state index contributed by atoms with van der Waals surface area (Å²) in [6.07, 6.45) is 4.57. The van der Waals surface area contributed by atoms with Crippen LogP contribution >= 0.6 is 11.3 Å². The molecular weight excluding hydrogens is 392 g/mol. The van der Waals surface area contributed by atoms with Crippen molar-refractivity contribution in [2.75, 3.05) is 25.0 Å². The van der Waals surface area contributed by atoms with Crippen molar-refractivity contribution in [3.63, 3.8) is 0 Å². The fourth-order valence-corrected chi connectivity index (χ4v) is 6.03. The number of aromatic nitrogens is 2. The van der Waals surface area contributed by atoms with Crippen LogP contribution in [0.2, 0.25) is 0 Å². The topological polar surface area (TPSA) is 67.7 Å². The van der Waals surface area contributed by atoms with E-state index in [-0.39, 0.29) is 6.04 Å². The SMILES string of the molecule is C[C@H](c1nc2ccccc2s1)N(C)c1ccc(S(=O)(=O)N2CCCCC2)c[nH+]1. The molecule has 6 nitrogen and oxygen atoms in total. The summed E-state index contributed by atoms with van der Waals surface area (Å²) in [5, 5.41) is 1.03. The highest BCUT2D eigenvalue weighted by Crippen LogP contribution is 2.30. The van der Waals surface area contributed by atoms with Gasteiger partial charge in [-0.1, -0.05) is 18.6 Å². The van der Waals surface area contributed by atoms with Gasteiger partial charge in [0.1, 0.15) is 22.1 Å². The quantitative estimate of drug-likeness (QED) is 0.637. The Labute approximate surface area is 169 Å². The minimum Gasteiger partial charge on any atom is -0.255 e. The second-order valence-electron chi connectivity index (χ2n) is 7.18. The third-order valence-electron chi connectivity index (χ3n) is 5.35. The van der Waals surface area contributed by atoms with Crippen LogP contribution < -0.4 is 9.88 Å². The standard InChI is InChI=1S/C20H24N4O2S2/c1-15(20-22-17-8-4-5-9-18(17)27-20)23(2)19-11-10-16(14-21-19)28(25,26)24-12-6-3-7-13-24/h4-5,8-11,14-15H,3,6-7,12-13H2,1-2H3/p+1/t15-/m1/s1. The van der Waals surface area contributed by atoms with E-state index in [2.05, 4.69) is 22.9 Å². The van der Waals surface area contributed by atoms with Gasteiger partial charge in [-0.2, -0.15) is 4.31 Å². The number of anilines is 1. The average Bonchev–Trinajstić information content (AvgIpc) is 3.17. The molecule has 4 rings (SSSR count). The molecule has 28 heavy (non-hydrogen) atoms. The molecule has 1 N–H and O–H groups in total. The predicted molar refractivity (Wildman–Crippen MR) is 112 cm³/mol. The van der Waals surface area contributed by atoms with E-state index >= 15 is 0 Å². The van der Waals surface area contributed by atoms with Crippen LogP contribution in [0.5, 0.6) is 0 Å². The lowest BCUT2D eigenvalue weighted by Crippen LogP contribution is -2.36. The summed E-state index contributed by atoms with van der Waals surface area (Å²) in [5.74, 6) is 0.851. The fraction of sp³-hybridized carbons (Fsp3) is 0.400. The van der Waals surface area contributed by atoms with Crippen LogP contribution in [0.1, 0.15) is 37.2 Å². The maximum Gasteiger partial charge on any atom is 0.274 e. The van der Waals surface area contributed by atoms with Crippen molar-refractivity contribution in [2.45, 2.75) is 37.1 Å². The zero-order chi connectivity index (χ0) is 19.7. The Kier molecular flexibility index (Phi) is 5.35. The van der Waals surface area contributed by atoms with E-state index in [1.165, 1.54) is 4.70 Å². The van der Waals surface area contributed by atoms with Crippen LogP contribution in [0.15, 0.2) is 47.5 Å². The highest BCUT2D eigenvalue weighted by Gasteiger charge is 2.28. The number of pyridine rings is 1. The number of thiazole rings is 1. The number of piperidine rings is 1. The van der Waals surface area contributed by atoms with E-state index < -0.39 is 10.0 Å². The third-order valence-corrected chi connectivity index (χ3v) is 8.45. The van der Waals surface area contributed by atoms with Gasteiger partial charge in [0, 0.05) is 19.2 Å². The van der Waals surface area contributed by atoms with Crippen LogP contribution in [0.4, 0.5) is 5.82 Å². The predicted octanol–water partition coefficient (Wildman–Crippen LogP) is 3.48. The number of para-hydroxylation sites is 1. The summed E-state index contributed by atoms with van der Waals surface area (Å²) >= 11 is 1.69. The van der Waals surface area contributed by atoms with Gasteiger partial charge in [-0.25, -0.2) is 18.4 Å². The lowest BCUT2D eigenvalue weighted by molar-refractivity contribution is -0.367. The van der Waals surface area contributed by atoms with Crippen molar-refractivity contribution < 1.29 is 13.4 Å². The van der Waals surface area contributed by atoms with E-state index in [1.807, 2.05) is 31.3 Å². The number of rotatable bonds is 5. The van der Waals surface area contributed by atoms with Crippen LogP contribution in [-0.2, 0) is 10.0 Å². The Hall–Kier alpha value is -2.03. The summed E-state index contributed by atoms with van der Waals surface area (Å²) in [7, 11) is -1.43. The Morgan fingerprint density at radius 3 is 2.57 bits per heavy atom. The Balaban J connectivity index is 1.54. The van der Waals surface area contributed by atoms with Gasteiger partial charge >= 0.3 is 0 Å². The van der Waals surface area contributed by atoms with Crippen LogP contribution in [0, 0.1) is 0 Å². The molecule has 0 amide bonds. The molecule has 1 aliphatic rings. The second-order valence-corrected chi connectivity index (χ2v) is 10.2. The van der Waals surface area contributed by atoms with Crippen molar-refractivity contribution in [1.29, 1.82) is 0 Å². The molecule has 0 unspecified atom stereocenters.